The van der Waals surface area contributed by atoms with E-state index >= 15 is 0 Å². The van der Waals surface area contributed by atoms with E-state index in [1.165, 1.54) is 24.4 Å². The summed E-state index contributed by atoms with van der Waals surface area (Å²) < 4.78 is 12.8. The molecule has 0 fully saturated rings. The molecule has 0 aliphatic rings. The Morgan fingerprint density at radius 3 is 2.60 bits per heavy atom. The Balaban J connectivity index is 2.54. The summed E-state index contributed by atoms with van der Waals surface area (Å²) >= 11 is 11.6. The van der Waals surface area contributed by atoms with Crippen LogP contribution in [0.4, 0.5) is 4.39 Å². The lowest BCUT2D eigenvalue weighted by Crippen LogP contribution is -1.89. The van der Waals surface area contributed by atoms with Gasteiger partial charge in [0, 0.05) is 11.8 Å². The number of rotatable bonds is 1. The molecule has 0 atom stereocenters. The average molecular weight is 243 g/mol. The van der Waals surface area contributed by atoms with Gasteiger partial charge in [-0.2, -0.15) is 0 Å². The first kappa shape index (κ1) is 10.3. The van der Waals surface area contributed by atoms with Crippen molar-refractivity contribution in [2.24, 2.45) is 0 Å². The van der Waals surface area contributed by atoms with Crippen LogP contribution in [0.1, 0.15) is 0 Å². The summed E-state index contributed by atoms with van der Waals surface area (Å²) in [6.07, 6.45) is 1.52. The van der Waals surface area contributed by atoms with Crippen LogP contribution in [0.3, 0.4) is 0 Å². The van der Waals surface area contributed by atoms with E-state index in [-0.39, 0.29) is 5.02 Å². The van der Waals surface area contributed by atoms with Gasteiger partial charge in [-0.05, 0) is 24.3 Å². The van der Waals surface area contributed by atoms with Crippen molar-refractivity contribution in [1.29, 1.82) is 0 Å². The molecule has 1 aromatic heterocycles. The van der Waals surface area contributed by atoms with Crippen LogP contribution < -0.4 is 0 Å². The second kappa shape index (κ2) is 4.13. The quantitative estimate of drug-likeness (QED) is 0.715. The number of aromatic nitrogens is 2. The summed E-state index contributed by atoms with van der Waals surface area (Å²) in [5.41, 5.74) is 0.556. The maximum absolute atomic E-state index is 12.8. The molecule has 15 heavy (non-hydrogen) atoms. The molecule has 2 aromatic rings. The average Bonchev–Trinajstić information content (AvgIpc) is 2.17. The first-order valence-electron chi connectivity index (χ1n) is 4.11. The van der Waals surface area contributed by atoms with Gasteiger partial charge in [0.05, 0.1) is 5.02 Å². The van der Waals surface area contributed by atoms with Crippen LogP contribution in [0.2, 0.25) is 10.2 Å². The topological polar surface area (TPSA) is 25.8 Å². The minimum Gasteiger partial charge on any atom is -0.236 e. The Morgan fingerprint density at radius 2 is 1.93 bits per heavy atom. The van der Waals surface area contributed by atoms with Gasteiger partial charge in [0.25, 0.3) is 0 Å². The highest BCUT2D eigenvalue weighted by Crippen LogP contribution is 2.26. The van der Waals surface area contributed by atoms with Gasteiger partial charge in [0.1, 0.15) is 11.0 Å². The van der Waals surface area contributed by atoms with Gasteiger partial charge in [-0.3, -0.25) is 0 Å². The van der Waals surface area contributed by atoms with E-state index in [4.69, 9.17) is 23.2 Å². The zero-order valence-electron chi connectivity index (χ0n) is 7.42. The Hall–Kier alpha value is -1.19. The fourth-order valence-electron chi connectivity index (χ4n) is 1.14. The van der Waals surface area contributed by atoms with Crippen molar-refractivity contribution in [3.05, 3.63) is 46.5 Å². The van der Waals surface area contributed by atoms with Gasteiger partial charge < -0.3 is 0 Å². The predicted molar refractivity (Wildman–Crippen MR) is 57.4 cm³/mol. The van der Waals surface area contributed by atoms with Crippen molar-refractivity contribution in [2.45, 2.75) is 0 Å². The third-order valence-electron chi connectivity index (χ3n) is 1.79. The van der Waals surface area contributed by atoms with Crippen LogP contribution in [0.25, 0.3) is 11.4 Å². The summed E-state index contributed by atoms with van der Waals surface area (Å²) in [6, 6.07) is 5.58. The maximum atomic E-state index is 12.8. The SMILES string of the molecule is Fc1ccc(-c2nccc(Cl)n2)c(Cl)c1. The van der Waals surface area contributed by atoms with Crippen LogP contribution in [0, 0.1) is 5.82 Å². The van der Waals surface area contributed by atoms with E-state index in [0.29, 0.717) is 16.5 Å². The van der Waals surface area contributed by atoms with Crippen molar-refractivity contribution in [3.8, 4) is 11.4 Å². The fourth-order valence-corrected chi connectivity index (χ4v) is 1.53. The standard InChI is InChI=1S/C10H5Cl2FN2/c11-8-5-6(13)1-2-7(8)10-14-4-3-9(12)15-10/h1-5H. The lowest BCUT2D eigenvalue weighted by Gasteiger charge is -2.02. The molecule has 2 rings (SSSR count). The Morgan fingerprint density at radius 1 is 1.13 bits per heavy atom. The van der Waals surface area contributed by atoms with Crippen LogP contribution >= 0.6 is 23.2 Å². The molecule has 0 N–H and O–H groups in total. The van der Waals surface area contributed by atoms with Gasteiger partial charge in [0.2, 0.25) is 0 Å². The van der Waals surface area contributed by atoms with Gasteiger partial charge in [-0.15, -0.1) is 0 Å². The molecule has 0 radical (unpaired) electrons. The molecule has 0 aliphatic carbocycles. The summed E-state index contributed by atoms with van der Waals surface area (Å²) in [6.45, 7) is 0. The highest BCUT2D eigenvalue weighted by Gasteiger charge is 2.07. The molecule has 5 heteroatoms. The molecule has 0 spiro atoms. The van der Waals surface area contributed by atoms with E-state index in [1.807, 2.05) is 0 Å². The second-order valence-corrected chi connectivity index (χ2v) is 3.62. The molecule has 0 aliphatic heterocycles. The Kier molecular flexibility index (Phi) is 2.84. The zero-order valence-corrected chi connectivity index (χ0v) is 8.93. The van der Waals surface area contributed by atoms with E-state index in [1.54, 1.807) is 6.07 Å². The van der Waals surface area contributed by atoms with E-state index < -0.39 is 5.82 Å². The highest BCUT2D eigenvalue weighted by atomic mass is 35.5. The van der Waals surface area contributed by atoms with Crippen LogP contribution in [-0.2, 0) is 0 Å². The highest BCUT2D eigenvalue weighted by molar-refractivity contribution is 6.33. The fraction of sp³-hybridized carbons (Fsp3) is 0. The normalized spacial score (nSPS) is 10.3. The number of hydrogen-bond acceptors (Lipinski definition) is 2. The van der Waals surface area contributed by atoms with Crippen molar-refractivity contribution < 1.29 is 4.39 Å². The summed E-state index contributed by atoms with van der Waals surface area (Å²) in [5, 5.41) is 0.581. The molecule has 2 nitrogen and oxygen atoms in total. The Bertz CT molecular complexity index is 503. The summed E-state index contributed by atoms with van der Waals surface area (Å²) in [5.74, 6) is -0.0155. The third-order valence-corrected chi connectivity index (χ3v) is 2.32. The number of nitrogens with zero attached hydrogens (tertiary/aromatic N) is 2. The lowest BCUT2D eigenvalue weighted by atomic mass is 10.2. The van der Waals surface area contributed by atoms with E-state index in [0.717, 1.165) is 0 Å². The van der Waals surface area contributed by atoms with Crippen LogP contribution in [0.5, 0.6) is 0 Å². The minimum atomic E-state index is -0.397. The third kappa shape index (κ3) is 2.25. The molecule has 0 unspecified atom stereocenters. The second-order valence-electron chi connectivity index (χ2n) is 2.83. The van der Waals surface area contributed by atoms with Gasteiger partial charge in [-0.1, -0.05) is 23.2 Å². The monoisotopic (exact) mass is 242 g/mol. The van der Waals surface area contributed by atoms with E-state index in [2.05, 4.69) is 9.97 Å². The lowest BCUT2D eigenvalue weighted by molar-refractivity contribution is 0.628. The maximum Gasteiger partial charge on any atom is 0.162 e. The van der Waals surface area contributed by atoms with Gasteiger partial charge >= 0.3 is 0 Å². The van der Waals surface area contributed by atoms with Crippen molar-refractivity contribution in [3.63, 3.8) is 0 Å². The zero-order chi connectivity index (χ0) is 10.8. The molecule has 1 heterocycles. The molecule has 0 saturated carbocycles. The molecule has 1 aromatic carbocycles. The van der Waals surface area contributed by atoms with Crippen molar-refractivity contribution >= 4 is 23.2 Å². The molecule has 76 valence electrons. The van der Waals surface area contributed by atoms with Gasteiger partial charge in [0.15, 0.2) is 5.82 Å². The molecular weight excluding hydrogens is 238 g/mol. The number of halogens is 3. The largest absolute Gasteiger partial charge is 0.236 e. The molecule has 0 amide bonds. The van der Waals surface area contributed by atoms with Crippen LogP contribution in [-0.4, -0.2) is 9.97 Å². The molecular formula is C10H5Cl2FN2. The van der Waals surface area contributed by atoms with E-state index in [9.17, 15) is 4.39 Å². The minimum absolute atomic E-state index is 0.261. The van der Waals surface area contributed by atoms with Crippen molar-refractivity contribution in [1.82, 2.24) is 9.97 Å². The Labute approximate surface area is 95.7 Å². The summed E-state index contributed by atoms with van der Waals surface area (Å²) in [4.78, 5) is 7.98. The van der Waals surface area contributed by atoms with Crippen LogP contribution in [0.15, 0.2) is 30.5 Å². The summed E-state index contributed by atoms with van der Waals surface area (Å²) in [7, 11) is 0. The van der Waals surface area contributed by atoms with Crippen molar-refractivity contribution in [2.75, 3.05) is 0 Å². The predicted octanol–water partition coefficient (Wildman–Crippen LogP) is 3.59. The molecule has 0 saturated heterocycles. The number of hydrogen-bond donors (Lipinski definition) is 0. The molecule has 0 bridgehead atoms. The smallest absolute Gasteiger partial charge is 0.162 e. The first-order chi connectivity index (χ1) is 7.16. The number of benzene rings is 1. The first-order valence-corrected chi connectivity index (χ1v) is 4.86. The van der Waals surface area contributed by atoms with Gasteiger partial charge in [-0.25, -0.2) is 14.4 Å².